The maximum Gasteiger partial charge on any atom is 0.258 e. The van der Waals surface area contributed by atoms with Crippen LogP contribution in [0.25, 0.3) is 0 Å². The first-order valence-corrected chi connectivity index (χ1v) is 7.85. The molecule has 0 saturated carbocycles. The second-order valence-corrected chi connectivity index (χ2v) is 6.90. The van der Waals surface area contributed by atoms with E-state index in [-0.39, 0.29) is 10.5 Å². The van der Waals surface area contributed by atoms with Crippen molar-refractivity contribution in [3.05, 3.63) is 59.9 Å². The lowest BCUT2D eigenvalue weighted by Crippen LogP contribution is -2.23. The smallest absolute Gasteiger partial charge is 0.258 e. The largest absolute Gasteiger partial charge is 0.322 e. The molecule has 2 aromatic rings. The number of hydrogen-bond donors (Lipinski definition) is 1. The Bertz CT molecular complexity index is 790. The number of halogens is 1. The lowest BCUT2D eigenvalue weighted by molar-refractivity contribution is 0.102. The number of nitrogens with one attached hydrogen (secondary N) is 1. The first-order valence-electron chi connectivity index (χ1n) is 6.41. The molecule has 0 radical (unpaired) electrons. The Morgan fingerprint density at radius 1 is 1.09 bits per heavy atom. The van der Waals surface area contributed by atoms with E-state index in [9.17, 15) is 17.6 Å². The number of sulfonamides is 1. The average Bonchev–Trinajstić information content (AvgIpc) is 2.48. The van der Waals surface area contributed by atoms with Crippen molar-refractivity contribution in [2.45, 2.75) is 4.90 Å². The van der Waals surface area contributed by atoms with Crippen molar-refractivity contribution in [3.8, 4) is 0 Å². The molecular formula is C15H15FN2O3S. The van der Waals surface area contributed by atoms with Gasteiger partial charge in [0, 0.05) is 19.8 Å². The minimum atomic E-state index is -3.74. The quantitative estimate of drug-likeness (QED) is 0.939. The monoisotopic (exact) mass is 322 g/mol. The standard InChI is InChI=1S/C15H15FN2O3S/c1-18(2)22(20,21)12-8-9-14(16)13(10-12)15(19)17-11-6-4-3-5-7-11/h3-10H,1-2H3,(H,17,19). The van der Waals surface area contributed by atoms with Crippen LogP contribution in [0.2, 0.25) is 0 Å². The Labute approximate surface area is 128 Å². The average molecular weight is 322 g/mol. The van der Waals surface area contributed by atoms with Crippen LogP contribution in [-0.2, 0) is 10.0 Å². The van der Waals surface area contributed by atoms with E-state index < -0.39 is 21.7 Å². The number of carbonyl (C=O) groups is 1. The fourth-order valence-electron chi connectivity index (χ4n) is 1.77. The van der Waals surface area contributed by atoms with Crippen molar-refractivity contribution in [1.82, 2.24) is 4.31 Å². The molecule has 0 aliphatic heterocycles. The Morgan fingerprint density at radius 2 is 1.73 bits per heavy atom. The summed E-state index contributed by atoms with van der Waals surface area (Å²) in [6, 6.07) is 11.6. The van der Waals surface area contributed by atoms with Crippen molar-refractivity contribution in [1.29, 1.82) is 0 Å². The number of carbonyl (C=O) groups excluding carboxylic acids is 1. The Hall–Kier alpha value is -2.25. The zero-order valence-corrected chi connectivity index (χ0v) is 12.9. The number of para-hydroxylation sites is 1. The van der Waals surface area contributed by atoms with Crippen LogP contribution in [0.4, 0.5) is 10.1 Å². The highest BCUT2D eigenvalue weighted by molar-refractivity contribution is 7.89. The molecule has 116 valence electrons. The van der Waals surface area contributed by atoms with Gasteiger partial charge in [-0.3, -0.25) is 4.79 Å². The Morgan fingerprint density at radius 3 is 2.32 bits per heavy atom. The number of rotatable bonds is 4. The fraction of sp³-hybridized carbons (Fsp3) is 0.133. The second-order valence-electron chi connectivity index (χ2n) is 4.75. The number of nitrogens with zero attached hydrogens (tertiary/aromatic N) is 1. The van der Waals surface area contributed by atoms with Gasteiger partial charge in [0.05, 0.1) is 10.5 Å². The number of hydrogen-bond acceptors (Lipinski definition) is 3. The van der Waals surface area contributed by atoms with Crippen LogP contribution >= 0.6 is 0 Å². The van der Waals surface area contributed by atoms with Crippen molar-refractivity contribution in [3.63, 3.8) is 0 Å². The minimum absolute atomic E-state index is 0.142. The fourth-order valence-corrected chi connectivity index (χ4v) is 2.70. The van der Waals surface area contributed by atoms with Gasteiger partial charge in [0.15, 0.2) is 0 Å². The molecule has 0 unspecified atom stereocenters. The summed E-state index contributed by atoms with van der Waals surface area (Å²) in [5.74, 6) is -1.49. The highest BCUT2D eigenvalue weighted by Gasteiger charge is 2.21. The minimum Gasteiger partial charge on any atom is -0.322 e. The third kappa shape index (κ3) is 3.32. The molecule has 0 bridgehead atoms. The normalized spacial score (nSPS) is 11.5. The van der Waals surface area contributed by atoms with Crippen LogP contribution < -0.4 is 5.32 Å². The van der Waals surface area contributed by atoms with Gasteiger partial charge in [0.1, 0.15) is 5.82 Å². The predicted molar refractivity (Wildman–Crippen MR) is 81.7 cm³/mol. The van der Waals surface area contributed by atoms with Gasteiger partial charge in [-0.1, -0.05) is 18.2 Å². The van der Waals surface area contributed by atoms with Gasteiger partial charge in [0.2, 0.25) is 10.0 Å². The van der Waals surface area contributed by atoms with Crippen LogP contribution in [0.15, 0.2) is 53.4 Å². The van der Waals surface area contributed by atoms with E-state index in [1.54, 1.807) is 30.3 Å². The molecule has 0 heterocycles. The highest BCUT2D eigenvalue weighted by atomic mass is 32.2. The SMILES string of the molecule is CN(C)S(=O)(=O)c1ccc(F)c(C(=O)Nc2ccccc2)c1. The summed E-state index contributed by atoms with van der Waals surface area (Å²) in [5, 5.41) is 2.52. The van der Waals surface area contributed by atoms with Gasteiger partial charge in [-0.2, -0.15) is 0 Å². The molecule has 1 amide bonds. The molecule has 0 fully saturated rings. The maximum absolute atomic E-state index is 13.8. The van der Waals surface area contributed by atoms with Gasteiger partial charge in [0.25, 0.3) is 5.91 Å². The molecule has 0 aromatic heterocycles. The molecule has 0 aliphatic carbocycles. The summed E-state index contributed by atoms with van der Waals surface area (Å²) in [4.78, 5) is 12.0. The summed E-state index contributed by atoms with van der Waals surface area (Å²) < 4.78 is 38.9. The van der Waals surface area contributed by atoms with E-state index in [1.165, 1.54) is 14.1 Å². The van der Waals surface area contributed by atoms with Gasteiger partial charge >= 0.3 is 0 Å². The van der Waals surface area contributed by atoms with E-state index in [2.05, 4.69) is 5.32 Å². The van der Waals surface area contributed by atoms with E-state index in [4.69, 9.17) is 0 Å². The molecule has 2 rings (SSSR count). The van der Waals surface area contributed by atoms with Crippen LogP contribution in [0.3, 0.4) is 0 Å². The molecule has 1 N–H and O–H groups in total. The number of amides is 1. The molecule has 0 atom stereocenters. The van der Waals surface area contributed by atoms with Crippen LogP contribution in [0.1, 0.15) is 10.4 Å². The molecule has 0 saturated heterocycles. The molecule has 2 aromatic carbocycles. The zero-order chi connectivity index (χ0) is 16.3. The van der Waals surface area contributed by atoms with E-state index >= 15 is 0 Å². The van der Waals surface area contributed by atoms with E-state index in [0.717, 1.165) is 22.5 Å². The summed E-state index contributed by atoms with van der Waals surface area (Å²) >= 11 is 0. The van der Waals surface area contributed by atoms with Crippen molar-refractivity contribution in [2.75, 3.05) is 19.4 Å². The van der Waals surface area contributed by atoms with Gasteiger partial charge in [-0.05, 0) is 30.3 Å². The van der Waals surface area contributed by atoms with Crippen molar-refractivity contribution in [2.24, 2.45) is 0 Å². The lowest BCUT2D eigenvalue weighted by Gasteiger charge is -2.13. The van der Waals surface area contributed by atoms with E-state index in [1.807, 2.05) is 0 Å². The summed E-state index contributed by atoms with van der Waals surface area (Å²) in [7, 11) is -1.01. The number of benzene rings is 2. The molecule has 0 spiro atoms. The lowest BCUT2D eigenvalue weighted by atomic mass is 10.2. The van der Waals surface area contributed by atoms with Crippen LogP contribution in [0, 0.1) is 5.82 Å². The molecule has 0 aliphatic rings. The number of anilines is 1. The Balaban J connectivity index is 2.37. The maximum atomic E-state index is 13.8. The molecular weight excluding hydrogens is 307 g/mol. The zero-order valence-electron chi connectivity index (χ0n) is 12.1. The summed E-state index contributed by atoms with van der Waals surface area (Å²) in [6.45, 7) is 0. The second kappa shape index (κ2) is 6.25. The molecule has 7 heteroatoms. The first-order chi connectivity index (χ1) is 10.3. The third-order valence-corrected chi connectivity index (χ3v) is 4.80. The van der Waals surface area contributed by atoms with Gasteiger partial charge < -0.3 is 5.32 Å². The van der Waals surface area contributed by atoms with Crippen molar-refractivity contribution < 1.29 is 17.6 Å². The van der Waals surface area contributed by atoms with E-state index in [0.29, 0.717) is 5.69 Å². The predicted octanol–water partition coefficient (Wildman–Crippen LogP) is 2.33. The van der Waals surface area contributed by atoms with Crippen LogP contribution in [0.5, 0.6) is 0 Å². The Kier molecular flexibility index (Phi) is 4.58. The van der Waals surface area contributed by atoms with Gasteiger partial charge in [-0.15, -0.1) is 0 Å². The molecule has 22 heavy (non-hydrogen) atoms. The molecule has 5 nitrogen and oxygen atoms in total. The third-order valence-electron chi connectivity index (χ3n) is 2.99. The topological polar surface area (TPSA) is 66.5 Å². The van der Waals surface area contributed by atoms with Crippen LogP contribution in [-0.4, -0.2) is 32.7 Å². The first kappa shape index (κ1) is 16.1. The summed E-state index contributed by atoms with van der Waals surface area (Å²) in [6.07, 6.45) is 0. The van der Waals surface area contributed by atoms with Crippen molar-refractivity contribution >= 4 is 21.6 Å². The van der Waals surface area contributed by atoms with Gasteiger partial charge in [-0.25, -0.2) is 17.1 Å². The summed E-state index contributed by atoms with van der Waals surface area (Å²) in [5.41, 5.74) is 0.166. The highest BCUT2D eigenvalue weighted by Crippen LogP contribution is 2.19.